The lowest BCUT2D eigenvalue weighted by molar-refractivity contribution is 0.150. The average molecular weight is 305 g/mol. The van der Waals surface area contributed by atoms with Crippen molar-refractivity contribution in [2.45, 2.75) is 37.7 Å². The topological polar surface area (TPSA) is 20.2 Å². The van der Waals surface area contributed by atoms with Crippen LogP contribution in [0.25, 0.3) is 0 Å². The standard InChI is InChI=1S/C18H18ClFO/c19-14-8-9-17(20)16(11-14)18(21)10-13-6-3-5-12-4-1-2-7-15(12)13/h1-2,4,7-9,11,13,18,21H,3,5-6,10H2. The van der Waals surface area contributed by atoms with Crippen LogP contribution in [0.1, 0.15) is 48.0 Å². The number of hydrogen-bond donors (Lipinski definition) is 1. The van der Waals surface area contributed by atoms with Gasteiger partial charge in [0.1, 0.15) is 5.82 Å². The van der Waals surface area contributed by atoms with Crippen molar-refractivity contribution in [2.75, 3.05) is 0 Å². The smallest absolute Gasteiger partial charge is 0.129 e. The Labute approximate surface area is 129 Å². The second-order valence-electron chi connectivity index (χ2n) is 5.71. The molecular formula is C18H18ClFO. The number of hydrogen-bond acceptors (Lipinski definition) is 1. The normalized spacial score (nSPS) is 19.1. The molecule has 0 saturated heterocycles. The molecule has 1 aliphatic rings. The zero-order chi connectivity index (χ0) is 14.8. The maximum atomic E-state index is 13.9. The highest BCUT2D eigenvalue weighted by Crippen LogP contribution is 2.38. The molecule has 110 valence electrons. The summed E-state index contributed by atoms with van der Waals surface area (Å²) in [6.45, 7) is 0. The third-order valence-electron chi connectivity index (χ3n) is 4.32. The van der Waals surface area contributed by atoms with E-state index in [4.69, 9.17) is 11.6 Å². The number of halogens is 2. The highest BCUT2D eigenvalue weighted by Gasteiger charge is 2.24. The third-order valence-corrected chi connectivity index (χ3v) is 4.55. The fourth-order valence-electron chi connectivity index (χ4n) is 3.27. The van der Waals surface area contributed by atoms with Crippen LogP contribution in [-0.4, -0.2) is 5.11 Å². The lowest BCUT2D eigenvalue weighted by Crippen LogP contribution is -2.13. The minimum atomic E-state index is -0.820. The van der Waals surface area contributed by atoms with Crippen molar-refractivity contribution in [2.24, 2.45) is 0 Å². The summed E-state index contributed by atoms with van der Waals surface area (Å²) in [7, 11) is 0. The summed E-state index contributed by atoms with van der Waals surface area (Å²) < 4.78 is 13.9. The highest BCUT2D eigenvalue weighted by atomic mass is 35.5. The van der Waals surface area contributed by atoms with Crippen LogP contribution in [0.3, 0.4) is 0 Å². The van der Waals surface area contributed by atoms with Crippen molar-refractivity contribution in [3.05, 3.63) is 70.0 Å². The van der Waals surface area contributed by atoms with Gasteiger partial charge in [0, 0.05) is 10.6 Å². The minimum absolute atomic E-state index is 0.281. The van der Waals surface area contributed by atoms with Gasteiger partial charge in [-0.05, 0) is 60.9 Å². The zero-order valence-electron chi connectivity index (χ0n) is 11.7. The molecule has 0 amide bonds. The van der Waals surface area contributed by atoms with Crippen LogP contribution in [0.5, 0.6) is 0 Å². The average Bonchev–Trinajstić information content (AvgIpc) is 2.50. The predicted octanol–water partition coefficient (Wildman–Crippen LogP) is 5.02. The molecule has 0 spiro atoms. The molecule has 3 heteroatoms. The van der Waals surface area contributed by atoms with Crippen LogP contribution in [-0.2, 0) is 6.42 Å². The Morgan fingerprint density at radius 1 is 1.24 bits per heavy atom. The summed E-state index contributed by atoms with van der Waals surface area (Å²) in [5, 5.41) is 10.9. The van der Waals surface area contributed by atoms with Gasteiger partial charge in [-0.1, -0.05) is 35.9 Å². The molecule has 1 nitrogen and oxygen atoms in total. The van der Waals surface area contributed by atoms with E-state index in [9.17, 15) is 9.50 Å². The van der Waals surface area contributed by atoms with Crippen molar-refractivity contribution in [3.8, 4) is 0 Å². The molecule has 2 atom stereocenters. The van der Waals surface area contributed by atoms with E-state index in [1.807, 2.05) is 12.1 Å². The monoisotopic (exact) mass is 304 g/mol. The van der Waals surface area contributed by atoms with Crippen LogP contribution in [0.4, 0.5) is 4.39 Å². The molecule has 0 radical (unpaired) electrons. The number of fused-ring (bicyclic) bond motifs is 1. The molecule has 0 bridgehead atoms. The largest absolute Gasteiger partial charge is 0.388 e. The van der Waals surface area contributed by atoms with Crippen molar-refractivity contribution < 1.29 is 9.50 Å². The molecular weight excluding hydrogens is 287 g/mol. The Morgan fingerprint density at radius 3 is 2.90 bits per heavy atom. The van der Waals surface area contributed by atoms with Gasteiger partial charge in [-0.3, -0.25) is 0 Å². The van der Waals surface area contributed by atoms with E-state index in [0.29, 0.717) is 17.0 Å². The fraction of sp³-hybridized carbons (Fsp3) is 0.333. The number of aliphatic hydroxyl groups is 1. The second-order valence-corrected chi connectivity index (χ2v) is 6.14. The summed E-state index contributed by atoms with van der Waals surface area (Å²) in [6, 6.07) is 12.7. The SMILES string of the molecule is OC(CC1CCCc2ccccc21)c1cc(Cl)ccc1F. The molecule has 2 aromatic rings. The van der Waals surface area contributed by atoms with E-state index >= 15 is 0 Å². The number of aryl methyl sites for hydroxylation is 1. The number of rotatable bonds is 3. The first-order chi connectivity index (χ1) is 10.1. The van der Waals surface area contributed by atoms with Crippen molar-refractivity contribution in [3.63, 3.8) is 0 Å². The molecule has 1 aliphatic carbocycles. The molecule has 0 aromatic heterocycles. The van der Waals surface area contributed by atoms with Gasteiger partial charge in [-0.2, -0.15) is 0 Å². The van der Waals surface area contributed by atoms with E-state index in [2.05, 4.69) is 12.1 Å². The molecule has 0 heterocycles. The van der Waals surface area contributed by atoms with Crippen LogP contribution in [0.2, 0.25) is 5.02 Å². The molecule has 1 N–H and O–H groups in total. The summed E-state index contributed by atoms with van der Waals surface area (Å²) in [4.78, 5) is 0. The molecule has 2 aromatic carbocycles. The van der Waals surface area contributed by atoms with E-state index < -0.39 is 11.9 Å². The maximum Gasteiger partial charge on any atom is 0.129 e. The first-order valence-electron chi connectivity index (χ1n) is 7.36. The van der Waals surface area contributed by atoms with E-state index in [1.165, 1.54) is 29.3 Å². The lowest BCUT2D eigenvalue weighted by Gasteiger charge is -2.27. The molecule has 0 saturated carbocycles. The third kappa shape index (κ3) is 3.12. The van der Waals surface area contributed by atoms with Crippen LogP contribution < -0.4 is 0 Å². The predicted molar refractivity (Wildman–Crippen MR) is 83.1 cm³/mol. The Morgan fingerprint density at radius 2 is 2.05 bits per heavy atom. The Bertz CT molecular complexity index is 641. The van der Waals surface area contributed by atoms with Crippen molar-refractivity contribution in [1.82, 2.24) is 0 Å². The summed E-state index contributed by atoms with van der Waals surface area (Å²) in [5.74, 6) is -0.112. The van der Waals surface area contributed by atoms with Gasteiger partial charge in [-0.15, -0.1) is 0 Å². The fourth-order valence-corrected chi connectivity index (χ4v) is 3.45. The van der Waals surface area contributed by atoms with Crippen LogP contribution >= 0.6 is 11.6 Å². The molecule has 3 rings (SSSR count). The highest BCUT2D eigenvalue weighted by molar-refractivity contribution is 6.30. The van der Waals surface area contributed by atoms with Crippen LogP contribution in [0.15, 0.2) is 42.5 Å². The summed E-state index contributed by atoms with van der Waals surface area (Å²) in [6.07, 6.45) is 2.96. The minimum Gasteiger partial charge on any atom is -0.388 e. The van der Waals surface area contributed by atoms with Gasteiger partial charge < -0.3 is 5.11 Å². The van der Waals surface area contributed by atoms with Gasteiger partial charge in [0.25, 0.3) is 0 Å². The van der Waals surface area contributed by atoms with E-state index in [-0.39, 0.29) is 5.92 Å². The second kappa shape index (κ2) is 6.17. The van der Waals surface area contributed by atoms with Gasteiger partial charge in [0.2, 0.25) is 0 Å². The Kier molecular flexibility index (Phi) is 4.27. The Balaban J connectivity index is 1.82. The number of aliphatic hydroxyl groups excluding tert-OH is 1. The number of benzene rings is 2. The quantitative estimate of drug-likeness (QED) is 0.844. The molecule has 21 heavy (non-hydrogen) atoms. The maximum absolute atomic E-state index is 13.9. The molecule has 0 aliphatic heterocycles. The first-order valence-corrected chi connectivity index (χ1v) is 7.74. The van der Waals surface area contributed by atoms with Gasteiger partial charge in [0.15, 0.2) is 0 Å². The first kappa shape index (κ1) is 14.6. The van der Waals surface area contributed by atoms with Crippen molar-refractivity contribution >= 4 is 11.6 Å². The van der Waals surface area contributed by atoms with E-state index in [1.54, 1.807) is 0 Å². The van der Waals surface area contributed by atoms with E-state index in [0.717, 1.165) is 19.3 Å². The van der Waals surface area contributed by atoms with Crippen LogP contribution in [0, 0.1) is 5.82 Å². The molecule has 2 unspecified atom stereocenters. The van der Waals surface area contributed by atoms with Gasteiger partial charge >= 0.3 is 0 Å². The van der Waals surface area contributed by atoms with Gasteiger partial charge in [-0.25, -0.2) is 4.39 Å². The van der Waals surface area contributed by atoms with Crippen molar-refractivity contribution in [1.29, 1.82) is 0 Å². The molecule has 0 fully saturated rings. The summed E-state index contributed by atoms with van der Waals surface area (Å²) in [5.41, 5.74) is 2.95. The Hall–Kier alpha value is -1.38. The zero-order valence-corrected chi connectivity index (χ0v) is 12.5. The van der Waals surface area contributed by atoms with Gasteiger partial charge in [0.05, 0.1) is 6.10 Å². The summed E-state index contributed by atoms with van der Waals surface area (Å²) >= 11 is 5.91. The lowest BCUT2D eigenvalue weighted by atomic mass is 9.79.